The normalized spacial score (nSPS) is 20.0. The zero-order valence-electron chi connectivity index (χ0n) is 12.2. The van der Waals surface area contributed by atoms with Crippen LogP contribution in [0.3, 0.4) is 0 Å². The van der Waals surface area contributed by atoms with Crippen LogP contribution in [0.5, 0.6) is 5.75 Å². The Morgan fingerprint density at radius 1 is 1.41 bits per heavy atom. The van der Waals surface area contributed by atoms with E-state index in [0.29, 0.717) is 16.3 Å². The van der Waals surface area contributed by atoms with Crippen molar-refractivity contribution < 1.29 is 9.53 Å². The Hall–Kier alpha value is -1.52. The van der Waals surface area contributed by atoms with Crippen molar-refractivity contribution >= 4 is 29.8 Å². The minimum absolute atomic E-state index is 0. The second-order valence-corrected chi connectivity index (χ2v) is 5.69. The molecule has 0 radical (unpaired) electrons. The first-order chi connectivity index (χ1) is 10.2. The first-order valence-electron chi connectivity index (χ1n) is 7.18. The topological polar surface area (TPSA) is 44.1 Å². The number of ether oxygens (including phenoxy) is 1. The van der Waals surface area contributed by atoms with Crippen molar-refractivity contribution in [2.45, 2.75) is 38.3 Å². The highest BCUT2D eigenvalue weighted by atomic mass is 35.5. The largest absolute Gasteiger partial charge is 0.487 e. The molecule has 0 bridgehead atoms. The molecule has 3 rings (SSSR count). The number of hydrogen-bond donors (Lipinski definition) is 0. The molecule has 2 aromatic rings. The first-order valence-corrected chi connectivity index (χ1v) is 7.56. The maximum atomic E-state index is 12.9. The van der Waals surface area contributed by atoms with E-state index in [1.807, 2.05) is 4.57 Å². The van der Waals surface area contributed by atoms with Crippen molar-refractivity contribution in [3.8, 4) is 5.75 Å². The summed E-state index contributed by atoms with van der Waals surface area (Å²) >= 11 is 6.01. The molecule has 0 spiro atoms. The third-order valence-electron chi connectivity index (χ3n) is 3.79. The molecule has 22 heavy (non-hydrogen) atoms. The van der Waals surface area contributed by atoms with E-state index >= 15 is 0 Å². The molecule has 0 fully saturated rings. The van der Waals surface area contributed by atoms with Crippen LogP contribution >= 0.6 is 24.0 Å². The second kappa shape index (κ2) is 7.16. The number of unbranched alkanes of at least 4 members (excludes halogenated alkanes) is 1. The quantitative estimate of drug-likeness (QED) is 0.831. The molecule has 0 saturated heterocycles. The van der Waals surface area contributed by atoms with Crippen molar-refractivity contribution in [3.05, 3.63) is 47.5 Å². The minimum atomic E-state index is -0.370. The SMILES string of the molecule is CCCCC1Oc2ccc(Cl)cc2C(=O)C1n1ccnc1.Cl. The van der Waals surface area contributed by atoms with Crippen LogP contribution in [0.2, 0.25) is 5.02 Å². The van der Waals surface area contributed by atoms with Gasteiger partial charge in [0.05, 0.1) is 11.9 Å². The number of Topliss-reactive ketones (excluding diaryl/α,β-unsaturated/α-hetero) is 1. The van der Waals surface area contributed by atoms with Crippen molar-refractivity contribution in [1.29, 1.82) is 0 Å². The first kappa shape index (κ1) is 16.8. The number of benzene rings is 1. The highest BCUT2D eigenvalue weighted by Crippen LogP contribution is 2.36. The molecule has 2 unspecified atom stereocenters. The predicted molar refractivity (Wildman–Crippen MR) is 88.2 cm³/mol. The van der Waals surface area contributed by atoms with Crippen LogP contribution in [0.15, 0.2) is 36.9 Å². The lowest BCUT2D eigenvalue weighted by atomic mass is 9.92. The van der Waals surface area contributed by atoms with Gasteiger partial charge >= 0.3 is 0 Å². The average molecular weight is 341 g/mol. The number of hydrogen-bond acceptors (Lipinski definition) is 3. The number of imidazole rings is 1. The Labute approximate surface area is 140 Å². The van der Waals surface area contributed by atoms with Gasteiger partial charge in [0.25, 0.3) is 0 Å². The molecule has 118 valence electrons. The molecule has 2 atom stereocenters. The van der Waals surface area contributed by atoms with E-state index in [9.17, 15) is 4.79 Å². The molecule has 1 aromatic heterocycles. The summed E-state index contributed by atoms with van der Waals surface area (Å²) in [6.07, 6.45) is 7.91. The molecule has 1 aliphatic rings. The van der Waals surface area contributed by atoms with E-state index in [2.05, 4.69) is 11.9 Å². The van der Waals surface area contributed by atoms with Crippen LogP contribution in [-0.2, 0) is 0 Å². The van der Waals surface area contributed by atoms with Crippen LogP contribution < -0.4 is 4.74 Å². The molecule has 2 heterocycles. The van der Waals surface area contributed by atoms with Crippen molar-refractivity contribution in [1.82, 2.24) is 9.55 Å². The molecule has 4 nitrogen and oxygen atoms in total. The van der Waals surface area contributed by atoms with Gasteiger partial charge in [-0.2, -0.15) is 0 Å². The monoisotopic (exact) mass is 340 g/mol. The highest BCUT2D eigenvalue weighted by molar-refractivity contribution is 6.31. The van der Waals surface area contributed by atoms with E-state index in [-0.39, 0.29) is 30.3 Å². The zero-order valence-corrected chi connectivity index (χ0v) is 13.8. The molecule has 0 aliphatic carbocycles. The number of carbonyl (C=O) groups is 1. The lowest BCUT2D eigenvalue weighted by molar-refractivity contribution is 0.0652. The predicted octanol–water partition coefficient (Wildman–Crippen LogP) is 4.33. The van der Waals surface area contributed by atoms with Crippen LogP contribution in [0.25, 0.3) is 0 Å². The number of ketones is 1. The van der Waals surface area contributed by atoms with E-state index in [0.717, 1.165) is 19.3 Å². The van der Waals surface area contributed by atoms with Crippen LogP contribution in [0.1, 0.15) is 42.6 Å². The molecule has 0 saturated carbocycles. The molecule has 0 N–H and O–H groups in total. The Morgan fingerprint density at radius 2 is 2.23 bits per heavy atom. The van der Waals surface area contributed by atoms with Crippen LogP contribution in [-0.4, -0.2) is 21.4 Å². The molecular formula is C16H18Cl2N2O2. The van der Waals surface area contributed by atoms with Gasteiger partial charge in [0, 0.05) is 17.4 Å². The number of carbonyl (C=O) groups excluding carboxylic acids is 1. The molecule has 1 aromatic carbocycles. The van der Waals surface area contributed by atoms with Gasteiger partial charge in [-0.25, -0.2) is 4.98 Å². The summed E-state index contributed by atoms with van der Waals surface area (Å²) in [5, 5.41) is 0.544. The average Bonchev–Trinajstić information content (AvgIpc) is 2.99. The Morgan fingerprint density at radius 3 is 2.91 bits per heavy atom. The zero-order chi connectivity index (χ0) is 14.8. The van der Waals surface area contributed by atoms with Gasteiger partial charge in [0.2, 0.25) is 0 Å². The summed E-state index contributed by atoms with van der Waals surface area (Å²) in [5.41, 5.74) is 0.550. The number of rotatable bonds is 4. The Kier molecular flexibility index (Phi) is 5.48. The fourth-order valence-electron chi connectivity index (χ4n) is 2.74. The van der Waals surface area contributed by atoms with E-state index in [1.165, 1.54) is 0 Å². The van der Waals surface area contributed by atoms with Gasteiger partial charge < -0.3 is 9.30 Å². The van der Waals surface area contributed by atoms with Crippen molar-refractivity contribution in [2.24, 2.45) is 0 Å². The molecule has 0 amide bonds. The number of fused-ring (bicyclic) bond motifs is 1. The fraction of sp³-hybridized carbons (Fsp3) is 0.375. The lowest BCUT2D eigenvalue weighted by Gasteiger charge is -2.33. The van der Waals surface area contributed by atoms with Gasteiger partial charge in [-0.1, -0.05) is 24.9 Å². The molecule has 6 heteroatoms. The number of halogens is 2. The van der Waals surface area contributed by atoms with Gasteiger partial charge in [-0.15, -0.1) is 12.4 Å². The minimum Gasteiger partial charge on any atom is -0.487 e. The lowest BCUT2D eigenvalue weighted by Crippen LogP contribution is -2.39. The Balaban J connectivity index is 0.00000176. The van der Waals surface area contributed by atoms with Gasteiger partial charge in [-0.3, -0.25) is 4.79 Å². The smallest absolute Gasteiger partial charge is 0.193 e. The second-order valence-electron chi connectivity index (χ2n) is 5.26. The third-order valence-corrected chi connectivity index (χ3v) is 4.03. The van der Waals surface area contributed by atoms with Crippen LogP contribution in [0.4, 0.5) is 0 Å². The highest BCUT2D eigenvalue weighted by Gasteiger charge is 2.37. The third kappa shape index (κ3) is 3.13. The van der Waals surface area contributed by atoms with Gasteiger partial charge in [-0.05, 0) is 31.0 Å². The summed E-state index contributed by atoms with van der Waals surface area (Å²) in [6, 6.07) is 4.84. The Bertz CT molecular complexity index is 644. The van der Waals surface area contributed by atoms with Gasteiger partial charge in [0.1, 0.15) is 17.9 Å². The standard InChI is InChI=1S/C16H17ClN2O2.ClH/c1-2-3-4-14-15(19-8-7-18-10-19)16(20)12-9-11(17)5-6-13(12)21-14;/h5-10,14-15H,2-4H2,1H3;1H. The maximum Gasteiger partial charge on any atom is 0.193 e. The van der Waals surface area contributed by atoms with E-state index in [1.54, 1.807) is 36.9 Å². The number of nitrogens with zero attached hydrogens (tertiary/aromatic N) is 2. The van der Waals surface area contributed by atoms with Crippen molar-refractivity contribution in [3.63, 3.8) is 0 Å². The summed E-state index contributed by atoms with van der Waals surface area (Å²) in [7, 11) is 0. The summed E-state index contributed by atoms with van der Waals surface area (Å²) < 4.78 is 7.89. The van der Waals surface area contributed by atoms with E-state index in [4.69, 9.17) is 16.3 Å². The number of aromatic nitrogens is 2. The fourth-order valence-corrected chi connectivity index (χ4v) is 2.91. The molecular weight excluding hydrogens is 323 g/mol. The van der Waals surface area contributed by atoms with Crippen LogP contribution in [0, 0.1) is 0 Å². The maximum absolute atomic E-state index is 12.9. The molecule has 1 aliphatic heterocycles. The summed E-state index contributed by atoms with van der Waals surface area (Å²) in [6.45, 7) is 2.13. The van der Waals surface area contributed by atoms with E-state index < -0.39 is 0 Å². The van der Waals surface area contributed by atoms with Crippen molar-refractivity contribution in [2.75, 3.05) is 0 Å². The van der Waals surface area contributed by atoms with Gasteiger partial charge in [0.15, 0.2) is 5.78 Å². The summed E-state index contributed by atoms with van der Waals surface area (Å²) in [4.78, 5) is 16.9. The summed E-state index contributed by atoms with van der Waals surface area (Å²) in [5.74, 6) is 0.666.